The van der Waals surface area contributed by atoms with Crippen LogP contribution >= 0.6 is 0 Å². The van der Waals surface area contributed by atoms with Crippen molar-refractivity contribution >= 4 is 21.4 Å². The van der Waals surface area contributed by atoms with Gasteiger partial charge in [-0.2, -0.15) is 0 Å². The zero-order valence-corrected chi connectivity index (χ0v) is 12.1. The Morgan fingerprint density at radius 3 is 2.00 bits per heavy atom. The summed E-state index contributed by atoms with van der Waals surface area (Å²) in [6.07, 6.45) is 1.13. The van der Waals surface area contributed by atoms with Crippen molar-refractivity contribution in [1.29, 1.82) is 0 Å². The van der Waals surface area contributed by atoms with E-state index in [0.717, 1.165) is 11.8 Å². The summed E-state index contributed by atoms with van der Waals surface area (Å²) in [5, 5.41) is 2.76. The zero-order chi connectivity index (χ0) is 14.8. The van der Waals surface area contributed by atoms with Crippen LogP contribution in [0.5, 0.6) is 0 Å². The average molecular weight is 289 g/mol. The third kappa shape index (κ3) is 3.45. The maximum atomic E-state index is 12.0. The number of anilines is 1. The topological polar surface area (TPSA) is 63.2 Å². The number of carbonyl (C=O) groups is 1. The molecule has 0 bridgehead atoms. The Balaban J connectivity index is 2.15. The number of amides is 1. The highest BCUT2D eigenvalue weighted by atomic mass is 32.2. The van der Waals surface area contributed by atoms with E-state index in [9.17, 15) is 13.2 Å². The summed E-state index contributed by atoms with van der Waals surface area (Å²) < 4.78 is 22.7. The van der Waals surface area contributed by atoms with Crippen molar-refractivity contribution in [1.82, 2.24) is 0 Å². The predicted molar refractivity (Wildman–Crippen MR) is 78.7 cm³/mol. The summed E-state index contributed by atoms with van der Waals surface area (Å²) in [5.41, 5.74) is 2.23. The highest BCUT2D eigenvalue weighted by Crippen LogP contribution is 2.13. The first-order chi connectivity index (χ1) is 9.36. The van der Waals surface area contributed by atoms with Crippen LogP contribution in [0.3, 0.4) is 0 Å². The number of rotatable bonds is 3. The molecule has 0 unspecified atom stereocenters. The zero-order valence-electron chi connectivity index (χ0n) is 11.3. The normalized spacial score (nSPS) is 11.1. The van der Waals surface area contributed by atoms with Gasteiger partial charge in [-0.1, -0.05) is 17.7 Å². The van der Waals surface area contributed by atoms with Crippen LogP contribution in [0.4, 0.5) is 5.69 Å². The molecule has 1 N–H and O–H groups in total. The molecule has 2 aromatic rings. The van der Waals surface area contributed by atoms with E-state index < -0.39 is 9.84 Å². The first-order valence-corrected chi connectivity index (χ1v) is 7.93. The van der Waals surface area contributed by atoms with Crippen LogP contribution in [0.2, 0.25) is 0 Å². The summed E-state index contributed by atoms with van der Waals surface area (Å²) in [5.74, 6) is -0.270. The van der Waals surface area contributed by atoms with Crippen molar-refractivity contribution < 1.29 is 13.2 Å². The summed E-state index contributed by atoms with van der Waals surface area (Å²) in [6.45, 7) is 1.97. The molecule has 0 atom stereocenters. The fourth-order valence-corrected chi connectivity index (χ4v) is 2.32. The number of hydrogen-bond acceptors (Lipinski definition) is 3. The van der Waals surface area contributed by atoms with Gasteiger partial charge < -0.3 is 5.32 Å². The molecule has 20 heavy (non-hydrogen) atoms. The molecule has 0 aliphatic heterocycles. The third-order valence-corrected chi connectivity index (χ3v) is 3.98. The number of hydrogen-bond donors (Lipinski definition) is 1. The molecule has 0 radical (unpaired) electrons. The second-order valence-corrected chi connectivity index (χ2v) is 6.63. The fourth-order valence-electron chi connectivity index (χ4n) is 1.69. The molecule has 0 aliphatic rings. The molecule has 2 aromatic carbocycles. The second kappa shape index (κ2) is 5.46. The summed E-state index contributed by atoms with van der Waals surface area (Å²) >= 11 is 0. The van der Waals surface area contributed by atoms with Crippen molar-refractivity contribution in [2.45, 2.75) is 11.8 Å². The monoisotopic (exact) mass is 289 g/mol. The molecule has 4 nitrogen and oxygen atoms in total. The van der Waals surface area contributed by atoms with Crippen molar-refractivity contribution in [2.75, 3.05) is 11.6 Å². The van der Waals surface area contributed by atoms with Gasteiger partial charge in [-0.25, -0.2) is 8.42 Å². The van der Waals surface area contributed by atoms with Gasteiger partial charge in [0.15, 0.2) is 9.84 Å². The van der Waals surface area contributed by atoms with Crippen LogP contribution in [0.25, 0.3) is 0 Å². The molecule has 5 heteroatoms. The maximum Gasteiger partial charge on any atom is 0.255 e. The van der Waals surface area contributed by atoms with Gasteiger partial charge in [-0.15, -0.1) is 0 Å². The molecular formula is C15H15NO3S. The number of benzene rings is 2. The Bertz CT molecular complexity index is 717. The van der Waals surface area contributed by atoms with Gasteiger partial charge in [0.25, 0.3) is 5.91 Å². The first kappa shape index (κ1) is 14.3. The fraction of sp³-hybridized carbons (Fsp3) is 0.133. The van der Waals surface area contributed by atoms with Gasteiger partial charge in [0.1, 0.15) is 0 Å². The highest BCUT2D eigenvalue weighted by Gasteiger charge is 2.10. The molecule has 1 amide bonds. The Kier molecular flexibility index (Phi) is 3.90. The van der Waals surface area contributed by atoms with E-state index in [1.54, 1.807) is 0 Å². The lowest BCUT2D eigenvalue weighted by Gasteiger charge is -2.06. The molecule has 0 spiro atoms. The maximum absolute atomic E-state index is 12.0. The van der Waals surface area contributed by atoms with Gasteiger partial charge in [0, 0.05) is 17.5 Å². The van der Waals surface area contributed by atoms with Gasteiger partial charge in [0.05, 0.1) is 4.90 Å². The van der Waals surface area contributed by atoms with Crippen LogP contribution in [0.1, 0.15) is 15.9 Å². The Hall–Kier alpha value is -2.14. The number of sulfone groups is 1. The molecule has 2 rings (SSSR count). The van der Waals surface area contributed by atoms with Crippen LogP contribution in [-0.4, -0.2) is 20.6 Å². The van der Waals surface area contributed by atoms with E-state index >= 15 is 0 Å². The predicted octanol–water partition coefficient (Wildman–Crippen LogP) is 2.65. The first-order valence-electron chi connectivity index (χ1n) is 6.04. The largest absolute Gasteiger partial charge is 0.322 e. The molecule has 0 fully saturated rings. The van der Waals surface area contributed by atoms with E-state index in [-0.39, 0.29) is 10.8 Å². The summed E-state index contributed by atoms with van der Waals surface area (Å²) in [6, 6.07) is 13.3. The van der Waals surface area contributed by atoms with E-state index in [4.69, 9.17) is 0 Å². The lowest BCUT2D eigenvalue weighted by Crippen LogP contribution is -2.12. The van der Waals surface area contributed by atoms with Gasteiger partial charge in [-0.3, -0.25) is 4.79 Å². The standard InChI is InChI=1S/C15H15NO3S/c1-11-3-7-13(8-4-11)16-15(17)12-5-9-14(10-6-12)20(2,18)19/h3-10H,1-2H3,(H,16,17). The van der Waals surface area contributed by atoms with Gasteiger partial charge in [-0.05, 0) is 43.3 Å². The molecule has 0 heterocycles. The third-order valence-electron chi connectivity index (χ3n) is 2.85. The Labute approximate surface area is 118 Å². The minimum Gasteiger partial charge on any atom is -0.322 e. The minimum absolute atomic E-state index is 0.199. The van der Waals surface area contributed by atoms with E-state index in [2.05, 4.69) is 5.32 Å². The van der Waals surface area contributed by atoms with Crippen molar-refractivity contribution in [3.05, 3.63) is 59.7 Å². The Morgan fingerprint density at radius 1 is 0.950 bits per heavy atom. The molecule has 0 aliphatic carbocycles. The van der Waals surface area contributed by atoms with Crippen LogP contribution in [-0.2, 0) is 9.84 Å². The molecular weight excluding hydrogens is 274 g/mol. The summed E-state index contributed by atoms with van der Waals surface area (Å²) in [7, 11) is -3.24. The molecule has 0 saturated heterocycles. The second-order valence-electron chi connectivity index (χ2n) is 4.62. The molecule has 104 valence electrons. The number of nitrogens with one attached hydrogen (secondary N) is 1. The SMILES string of the molecule is Cc1ccc(NC(=O)c2ccc(S(C)(=O)=O)cc2)cc1. The van der Waals surface area contributed by atoms with Crippen molar-refractivity contribution in [2.24, 2.45) is 0 Å². The van der Waals surface area contributed by atoms with Crippen LogP contribution in [0.15, 0.2) is 53.4 Å². The minimum atomic E-state index is -3.24. The van der Waals surface area contributed by atoms with Crippen molar-refractivity contribution in [3.63, 3.8) is 0 Å². The van der Waals surface area contributed by atoms with Crippen molar-refractivity contribution in [3.8, 4) is 0 Å². The average Bonchev–Trinajstić information content (AvgIpc) is 2.40. The lowest BCUT2D eigenvalue weighted by molar-refractivity contribution is 0.102. The smallest absolute Gasteiger partial charge is 0.255 e. The summed E-state index contributed by atoms with van der Waals surface area (Å²) in [4.78, 5) is 12.2. The number of aryl methyl sites for hydroxylation is 1. The lowest BCUT2D eigenvalue weighted by atomic mass is 10.2. The highest BCUT2D eigenvalue weighted by molar-refractivity contribution is 7.90. The van der Waals surface area contributed by atoms with Gasteiger partial charge >= 0.3 is 0 Å². The van der Waals surface area contributed by atoms with Crippen LogP contribution < -0.4 is 5.32 Å². The van der Waals surface area contributed by atoms with Gasteiger partial charge in [0.2, 0.25) is 0 Å². The van der Waals surface area contributed by atoms with E-state index in [0.29, 0.717) is 11.3 Å². The quantitative estimate of drug-likeness (QED) is 0.944. The van der Waals surface area contributed by atoms with Crippen LogP contribution in [0, 0.1) is 6.92 Å². The Morgan fingerprint density at radius 2 is 1.50 bits per heavy atom. The molecule has 0 aromatic heterocycles. The molecule has 0 saturated carbocycles. The van der Waals surface area contributed by atoms with E-state index in [1.165, 1.54) is 24.3 Å². The van der Waals surface area contributed by atoms with E-state index in [1.807, 2.05) is 31.2 Å². The number of carbonyl (C=O) groups excluding carboxylic acids is 1.